The van der Waals surface area contributed by atoms with Crippen molar-refractivity contribution in [3.8, 4) is 0 Å². The Balaban J connectivity index is 2.21. The lowest BCUT2D eigenvalue weighted by atomic mass is 9.94. The van der Waals surface area contributed by atoms with Gasteiger partial charge in [-0.2, -0.15) is 0 Å². The van der Waals surface area contributed by atoms with Gasteiger partial charge in [0.05, 0.1) is 0 Å². The molecule has 0 aromatic heterocycles. The minimum absolute atomic E-state index is 0.201. The first-order valence-electron chi connectivity index (χ1n) is 5.11. The summed E-state index contributed by atoms with van der Waals surface area (Å²) in [5.74, 6) is -0.201. The molecule has 0 bridgehead atoms. The van der Waals surface area contributed by atoms with Crippen molar-refractivity contribution in [1.82, 2.24) is 0 Å². The molecule has 1 saturated carbocycles. The van der Waals surface area contributed by atoms with Gasteiger partial charge in [0, 0.05) is 9.85 Å². The largest absolute Gasteiger partial charge is 0.207 e. The minimum Gasteiger partial charge on any atom is -0.207 e. The monoisotopic (exact) mass is 290 g/mol. The van der Waals surface area contributed by atoms with E-state index in [9.17, 15) is 4.39 Å². The molecule has 3 heteroatoms. The number of alkyl halides is 1. The zero-order valence-electron chi connectivity index (χ0n) is 8.56. The fourth-order valence-corrected chi connectivity index (χ4v) is 2.74. The fourth-order valence-electron chi connectivity index (χ4n) is 1.93. The summed E-state index contributed by atoms with van der Waals surface area (Å²) >= 11 is 9.67. The SMILES string of the molecule is CC(Br)C1(Cc2cc(F)ccc2Cl)CC1. The van der Waals surface area contributed by atoms with Crippen LogP contribution < -0.4 is 0 Å². The third-order valence-corrected chi connectivity index (χ3v) is 4.63. The molecule has 0 spiro atoms. The summed E-state index contributed by atoms with van der Waals surface area (Å²) < 4.78 is 13.1. The van der Waals surface area contributed by atoms with Crippen LogP contribution in [0.5, 0.6) is 0 Å². The normalized spacial score (nSPS) is 20.0. The fraction of sp³-hybridized carbons (Fsp3) is 0.500. The van der Waals surface area contributed by atoms with E-state index in [1.165, 1.54) is 18.9 Å². The van der Waals surface area contributed by atoms with Crippen LogP contribution in [0.2, 0.25) is 5.02 Å². The second kappa shape index (κ2) is 4.06. The molecular formula is C12H13BrClF. The molecule has 1 aliphatic carbocycles. The molecule has 0 radical (unpaired) electrons. The van der Waals surface area contributed by atoms with Crippen LogP contribution in [0.4, 0.5) is 4.39 Å². The summed E-state index contributed by atoms with van der Waals surface area (Å²) in [5.41, 5.74) is 1.23. The van der Waals surface area contributed by atoms with Gasteiger partial charge in [-0.3, -0.25) is 0 Å². The number of hydrogen-bond donors (Lipinski definition) is 0. The van der Waals surface area contributed by atoms with Crippen LogP contribution in [-0.2, 0) is 6.42 Å². The van der Waals surface area contributed by atoms with Crippen LogP contribution in [0.15, 0.2) is 18.2 Å². The highest BCUT2D eigenvalue weighted by atomic mass is 79.9. The van der Waals surface area contributed by atoms with E-state index in [4.69, 9.17) is 11.6 Å². The molecule has 1 fully saturated rings. The maximum absolute atomic E-state index is 13.1. The lowest BCUT2D eigenvalue weighted by molar-refractivity contribution is 0.506. The number of benzene rings is 1. The van der Waals surface area contributed by atoms with E-state index in [0.29, 0.717) is 15.3 Å². The zero-order valence-corrected chi connectivity index (χ0v) is 10.9. The smallest absolute Gasteiger partial charge is 0.123 e. The van der Waals surface area contributed by atoms with Gasteiger partial charge < -0.3 is 0 Å². The number of hydrogen-bond acceptors (Lipinski definition) is 0. The van der Waals surface area contributed by atoms with Gasteiger partial charge in [0.1, 0.15) is 5.82 Å². The van der Waals surface area contributed by atoms with Crippen molar-refractivity contribution in [3.63, 3.8) is 0 Å². The van der Waals surface area contributed by atoms with E-state index < -0.39 is 0 Å². The second-order valence-electron chi connectivity index (χ2n) is 4.39. The second-order valence-corrected chi connectivity index (χ2v) is 6.17. The first kappa shape index (κ1) is 11.4. The first-order chi connectivity index (χ1) is 7.03. The quantitative estimate of drug-likeness (QED) is 0.715. The van der Waals surface area contributed by atoms with Gasteiger partial charge in [0.15, 0.2) is 0 Å². The van der Waals surface area contributed by atoms with Crippen molar-refractivity contribution in [3.05, 3.63) is 34.6 Å². The Labute approximate surface area is 103 Å². The molecular weight excluding hydrogens is 278 g/mol. The van der Waals surface area contributed by atoms with E-state index >= 15 is 0 Å². The standard InChI is InChI=1S/C12H13BrClF/c1-8(13)12(4-5-12)7-9-6-10(15)2-3-11(9)14/h2-3,6,8H,4-5,7H2,1H3. The van der Waals surface area contributed by atoms with Crippen LogP contribution in [0.25, 0.3) is 0 Å². The maximum Gasteiger partial charge on any atom is 0.123 e. The molecule has 0 N–H and O–H groups in total. The first-order valence-corrected chi connectivity index (χ1v) is 6.41. The van der Waals surface area contributed by atoms with Gasteiger partial charge in [-0.1, -0.05) is 34.5 Å². The van der Waals surface area contributed by atoms with Gasteiger partial charge >= 0.3 is 0 Å². The topological polar surface area (TPSA) is 0 Å². The van der Waals surface area contributed by atoms with E-state index in [2.05, 4.69) is 22.9 Å². The Morgan fingerprint density at radius 1 is 1.53 bits per heavy atom. The van der Waals surface area contributed by atoms with Crippen molar-refractivity contribution >= 4 is 27.5 Å². The van der Waals surface area contributed by atoms with Crippen LogP contribution >= 0.6 is 27.5 Å². The minimum atomic E-state index is -0.201. The average molecular weight is 292 g/mol. The summed E-state index contributed by atoms with van der Waals surface area (Å²) in [7, 11) is 0. The molecule has 1 aromatic carbocycles. The van der Waals surface area contributed by atoms with Crippen LogP contribution in [-0.4, -0.2) is 4.83 Å². The molecule has 2 rings (SSSR count). The molecule has 0 amide bonds. The lowest BCUT2D eigenvalue weighted by Crippen LogP contribution is -2.15. The third kappa shape index (κ3) is 2.36. The molecule has 1 unspecified atom stereocenters. The van der Waals surface area contributed by atoms with Crippen molar-refractivity contribution in [2.45, 2.75) is 31.0 Å². The average Bonchev–Trinajstić information content (AvgIpc) is 2.92. The predicted octanol–water partition coefficient (Wildman–Crippen LogP) is 4.59. The van der Waals surface area contributed by atoms with Gasteiger partial charge in [-0.25, -0.2) is 4.39 Å². The molecule has 0 heterocycles. The van der Waals surface area contributed by atoms with E-state index in [1.807, 2.05) is 0 Å². The highest BCUT2D eigenvalue weighted by molar-refractivity contribution is 9.09. The van der Waals surface area contributed by atoms with E-state index in [1.54, 1.807) is 12.1 Å². The molecule has 1 atom stereocenters. The maximum atomic E-state index is 13.1. The summed E-state index contributed by atoms with van der Waals surface area (Å²) in [5, 5.41) is 0.677. The van der Waals surface area contributed by atoms with Crippen LogP contribution in [0.1, 0.15) is 25.3 Å². The van der Waals surface area contributed by atoms with Gasteiger partial charge in [-0.15, -0.1) is 0 Å². The van der Waals surface area contributed by atoms with Crippen molar-refractivity contribution < 1.29 is 4.39 Å². The van der Waals surface area contributed by atoms with Crippen molar-refractivity contribution in [2.24, 2.45) is 5.41 Å². The molecule has 1 aliphatic rings. The van der Waals surface area contributed by atoms with E-state index in [-0.39, 0.29) is 5.82 Å². The van der Waals surface area contributed by atoms with E-state index in [0.717, 1.165) is 12.0 Å². The summed E-state index contributed by atoms with van der Waals surface area (Å²) in [6.07, 6.45) is 3.27. The van der Waals surface area contributed by atoms with Crippen LogP contribution in [0, 0.1) is 11.2 Å². The van der Waals surface area contributed by atoms with Gasteiger partial charge in [0.2, 0.25) is 0 Å². The summed E-state index contributed by atoms with van der Waals surface area (Å²) in [4.78, 5) is 0.462. The molecule has 1 aromatic rings. The number of halogens is 3. The predicted molar refractivity (Wildman–Crippen MR) is 65.2 cm³/mol. The lowest BCUT2D eigenvalue weighted by Gasteiger charge is -2.18. The molecule has 0 aliphatic heterocycles. The summed E-state index contributed by atoms with van der Waals surface area (Å²) in [6.45, 7) is 2.15. The highest BCUT2D eigenvalue weighted by Gasteiger charge is 2.46. The summed E-state index contributed by atoms with van der Waals surface area (Å²) in [6, 6.07) is 4.60. The van der Waals surface area contributed by atoms with Crippen LogP contribution in [0.3, 0.4) is 0 Å². The van der Waals surface area contributed by atoms with Crippen molar-refractivity contribution in [1.29, 1.82) is 0 Å². The third-order valence-electron chi connectivity index (χ3n) is 3.29. The van der Waals surface area contributed by atoms with Gasteiger partial charge in [0.25, 0.3) is 0 Å². The molecule has 0 saturated heterocycles. The Hall–Kier alpha value is -0.0800. The number of rotatable bonds is 3. The Morgan fingerprint density at radius 2 is 2.20 bits per heavy atom. The van der Waals surface area contributed by atoms with Crippen molar-refractivity contribution in [2.75, 3.05) is 0 Å². The Bertz CT molecular complexity index is 372. The highest BCUT2D eigenvalue weighted by Crippen LogP contribution is 2.54. The molecule has 15 heavy (non-hydrogen) atoms. The Kier molecular flexibility index (Phi) is 3.09. The van der Waals surface area contributed by atoms with Gasteiger partial charge in [-0.05, 0) is 48.4 Å². The zero-order chi connectivity index (χ0) is 11.1. The molecule has 0 nitrogen and oxygen atoms in total. The molecule has 82 valence electrons. The Morgan fingerprint density at radius 3 is 2.73 bits per heavy atom.